The molecule has 4 nitrogen and oxygen atoms in total. The van der Waals surface area contributed by atoms with Crippen molar-refractivity contribution in [3.63, 3.8) is 0 Å². The minimum Gasteiger partial charge on any atom is -0.497 e. The van der Waals surface area contributed by atoms with Crippen molar-refractivity contribution in [2.45, 2.75) is 0 Å². The molecule has 0 fully saturated rings. The van der Waals surface area contributed by atoms with E-state index >= 15 is 0 Å². The molecule has 0 aromatic heterocycles. The third-order valence-corrected chi connectivity index (χ3v) is 2.80. The van der Waals surface area contributed by atoms with Crippen molar-refractivity contribution >= 4 is 11.8 Å². The van der Waals surface area contributed by atoms with Crippen LogP contribution in [0.3, 0.4) is 0 Å². The molecule has 0 heterocycles. The van der Waals surface area contributed by atoms with E-state index in [4.69, 9.17) is 9.84 Å². The number of ether oxygens (including phenoxy) is 1. The average molecular weight is 274 g/mol. The minimum atomic E-state index is -1.56. The molecule has 2 aromatic rings. The Kier molecular flexibility index (Phi) is 3.79. The number of hydrogen-bond acceptors (Lipinski definition) is 3. The Labute approximate surface area is 114 Å². The van der Waals surface area contributed by atoms with Gasteiger partial charge in [-0.1, -0.05) is 12.1 Å². The van der Waals surface area contributed by atoms with E-state index in [1.54, 1.807) is 6.07 Å². The lowest BCUT2D eigenvalue weighted by molar-refractivity contribution is -0.131. The normalized spacial score (nSPS) is 10.1. The first-order valence-electron chi connectivity index (χ1n) is 5.74. The van der Waals surface area contributed by atoms with E-state index in [2.05, 4.69) is 0 Å². The van der Waals surface area contributed by atoms with Crippen molar-refractivity contribution in [1.29, 1.82) is 0 Å². The summed E-state index contributed by atoms with van der Waals surface area (Å²) < 4.78 is 18.3. The van der Waals surface area contributed by atoms with Gasteiger partial charge >= 0.3 is 5.97 Å². The van der Waals surface area contributed by atoms with Crippen LogP contribution in [0.15, 0.2) is 42.5 Å². The highest BCUT2D eigenvalue weighted by Crippen LogP contribution is 2.29. The molecule has 0 saturated heterocycles. The molecule has 1 N–H and O–H groups in total. The zero-order chi connectivity index (χ0) is 14.7. The topological polar surface area (TPSA) is 63.6 Å². The van der Waals surface area contributed by atoms with E-state index in [0.29, 0.717) is 16.9 Å². The van der Waals surface area contributed by atoms with Crippen molar-refractivity contribution in [3.8, 4) is 16.9 Å². The smallest absolute Gasteiger partial charge is 0.377 e. The van der Waals surface area contributed by atoms with Crippen LogP contribution in [0.4, 0.5) is 4.39 Å². The second-order valence-corrected chi connectivity index (χ2v) is 4.06. The van der Waals surface area contributed by atoms with Gasteiger partial charge in [-0.3, -0.25) is 4.79 Å². The summed E-state index contributed by atoms with van der Waals surface area (Å²) in [5.74, 6) is -2.63. The van der Waals surface area contributed by atoms with Gasteiger partial charge in [-0.25, -0.2) is 9.18 Å². The van der Waals surface area contributed by atoms with Crippen LogP contribution in [0.5, 0.6) is 5.75 Å². The van der Waals surface area contributed by atoms with Gasteiger partial charge in [-0.15, -0.1) is 0 Å². The summed E-state index contributed by atoms with van der Waals surface area (Å²) in [4.78, 5) is 22.5. The number of halogens is 1. The predicted octanol–water partition coefficient (Wildman–Crippen LogP) is 2.77. The van der Waals surface area contributed by atoms with Gasteiger partial charge in [0.2, 0.25) is 0 Å². The van der Waals surface area contributed by atoms with Crippen LogP contribution in [-0.2, 0) is 4.79 Å². The van der Waals surface area contributed by atoms with Crippen LogP contribution in [0.1, 0.15) is 10.4 Å². The van der Waals surface area contributed by atoms with Gasteiger partial charge in [0.05, 0.1) is 7.11 Å². The fourth-order valence-electron chi connectivity index (χ4n) is 1.86. The zero-order valence-corrected chi connectivity index (χ0v) is 10.6. The molecule has 0 amide bonds. The first-order valence-corrected chi connectivity index (χ1v) is 5.74. The predicted molar refractivity (Wildman–Crippen MR) is 70.4 cm³/mol. The SMILES string of the molecule is COc1ccc(C(=O)C(=O)O)c(-c2cccc(F)c2)c1. The molecule has 0 radical (unpaired) electrons. The Hall–Kier alpha value is -2.69. The highest BCUT2D eigenvalue weighted by Gasteiger charge is 2.20. The van der Waals surface area contributed by atoms with Crippen molar-refractivity contribution in [2.75, 3.05) is 7.11 Å². The van der Waals surface area contributed by atoms with Gasteiger partial charge in [-0.05, 0) is 41.5 Å². The van der Waals surface area contributed by atoms with Gasteiger partial charge < -0.3 is 9.84 Å². The van der Waals surface area contributed by atoms with E-state index in [-0.39, 0.29) is 5.56 Å². The van der Waals surface area contributed by atoms with Crippen molar-refractivity contribution in [2.24, 2.45) is 0 Å². The van der Waals surface area contributed by atoms with E-state index in [1.165, 1.54) is 43.5 Å². The van der Waals surface area contributed by atoms with E-state index in [9.17, 15) is 14.0 Å². The van der Waals surface area contributed by atoms with E-state index in [0.717, 1.165) is 0 Å². The molecule has 0 saturated carbocycles. The summed E-state index contributed by atoms with van der Waals surface area (Å²) in [5.41, 5.74) is 0.716. The van der Waals surface area contributed by atoms with Crippen LogP contribution in [0.25, 0.3) is 11.1 Å². The molecule has 5 heteroatoms. The van der Waals surface area contributed by atoms with Gasteiger partial charge in [0.1, 0.15) is 11.6 Å². The third-order valence-electron chi connectivity index (χ3n) is 2.80. The summed E-state index contributed by atoms with van der Waals surface area (Å²) in [5, 5.41) is 8.83. The monoisotopic (exact) mass is 274 g/mol. The van der Waals surface area contributed by atoms with Crippen molar-refractivity contribution in [3.05, 3.63) is 53.8 Å². The maximum Gasteiger partial charge on any atom is 0.377 e. The second-order valence-electron chi connectivity index (χ2n) is 4.06. The van der Waals surface area contributed by atoms with Crippen LogP contribution >= 0.6 is 0 Å². The lowest BCUT2D eigenvalue weighted by Gasteiger charge is -2.09. The minimum absolute atomic E-state index is 0.0103. The van der Waals surface area contributed by atoms with E-state index < -0.39 is 17.6 Å². The number of benzene rings is 2. The molecule has 0 aliphatic rings. The molecule has 2 aromatic carbocycles. The average Bonchev–Trinajstić information content (AvgIpc) is 2.45. The summed E-state index contributed by atoms with van der Waals surface area (Å²) >= 11 is 0. The van der Waals surface area contributed by atoms with Crippen LogP contribution in [-0.4, -0.2) is 24.0 Å². The van der Waals surface area contributed by atoms with Crippen LogP contribution in [0.2, 0.25) is 0 Å². The zero-order valence-electron chi connectivity index (χ0n) is 10.6. The molecule has 0 atom stereocenters. The number of ketones is 1. The standard InChI is InChI=1S/C15H11FO4/c1-20-11-5-6-12(14(17)15(18)19)13(8-11)9-3-2-4-10(16)7-9/h2-8H,1H3,(H,18,19). The van der Waals surface area contributed by atoms with Crippen molar-refractivity contribution in [1.82, 2.24) is 0 Å². The summed E-state index contributed by atoms with van der Waals surface area (Å²) in [6.45, 7) is 0. The van der Waals surface area contributed by atoms with Crippen LogP contribution < -0.4 is 4.74 Å². The molecule has 0 unspecified atom stereocenters. The van der Waals surface area contributed by atoms with E-state index in [1.807, 2.05) is 0 Å². The molecule has 0 aliphatic heterocycles. The number of Topliss-reactive ketones (excluding diaryl/α,β-unsaturated/α-hetero) is 1. The summed E-state index contributed by atoms with van der Waals surface area (Å²) in [6.07, 6.45) is 0. The number of carboxylic acids is 1. The Bertz CT molecular complexity index is 679. The largest absolute Gasteiger partial charge is 0.497 e. The number of rotatable bonds is 4. The van der Waals surface area contributed by atoms with Gasteiger partial charge in [-0.2, -0.15) is 0 Å². The summed E-state index contributed by atoms with van der Waals surface area (Å²) in [7, 11) is 1.45. The number of hydrogen-bond donors (Lipinski definition) is 1. The molecule has 20 heavy (non-hydrogen) atoms. The van der Waals surface area contributed by atoms with Crippen LogP contribution in [0, 0.1) is 5.82 Å². The number of carbonyl (C=O) groups excluding carboxylic acids is 1. The number of aliphatic carboxylic acids is 1. The Morgan fingerprint density at radius 3 is 2.50 bits per heavy atom. The number of carboxylic acid groups (broad SMARTS) is 1. The molecule has 0 bridgehead atoms. The van der Waals surface area contributed by atoms with Gasteiger partial charge in [0.25, 0.3) is 5.78 Å². The fraction of sp³-hybridized carbons (Fsp3) is 0.0667. The molecule has 2 rings (SSSR count). The highest BCUT2D eigenvalue weighted by molar-refractivity contribution is 6.41. The third kappa shape index (κ3) is 2.66. The Morgan fingerprint density at radius 1 is 1.15 bits per heavy atom. The molecular formula is C15H11FO4. The number of carbonyl (C=O) groups is 2. The Balaban J connectivity index is 2.64. The molecule has 102 valence electrons. The number of methoxy groups -OCH3 is 1. The first-order chi connectivity index (χ1) is 9.52. The lowest BCUT2D eigenvalue weighted by atomic mass is 9.96. The van der Waals surface area contributed by atoms with Gasteiger partial charge in [0, 0.05) is 5.56 Å². The first kappa shape index (κ1) is 13.7. The maximum absolute atomic E-state index is 13.3. The second kappa shape index (κ2) is 5.52. The fourth-order valence-corrected chi connectivity index (χ4v) is 1.86. The quantitative estimate of drug-likeness (QED) is 0.687. The maximum atomic E-state index is 13.3. The lowest BCUT2D eigenvalue weighted by Crippen LogP contribution is -2.14. The van der Waals surface area contributed by atoms with Gasteiger partial charge in [0.15, 0.2) is 0 Å². The van der Waals surface area contributed by atoms with Crippen molar-refractivity contribution < 1.29 is 23.8 Å². The molecule has 0 spiro atoms. The summed E-state index contributed by atoms with van der Waals surface area (Å²) in [6, 6.07) is 9.92. The highest BCUT2D eigenvalue weighted by atomic mass is 19.1. The molecule has 0 aliphatic carbocycles. The molecular weight excluding hydrogens is 263 g/mol. The Morgan fingerprint density at radius 2 is 1.90 bits per heavy atom.